The number of carbonyl (C=O) groups is 1. The largest absolute Gasteiger partial charge is 0.477 e. The van der Waals surface area contributed by atoms with Crippen LogP contribution in [0.15, 0.2) is 4.90 Å². The zero-order valence-corrected chi connectivity index (χ0v) is 13.7. The molecule has 1 unspecified atom stereocenters. The third-order valence-electron chi connectivity index (χ3n) is 3.31. The quantitative estimate of drug-likeness (QED) is 0.702. The molecule has 0 aliphatic carbocycles. The van der Waals surface area contributed by atoms with Gasteiger partial charge in [-0.3, -0.25) is 0 Å². The highest BCUT2D eigenvalue weighted by atomic mass is 32.2. The number of nitrogens with one attached hydrogen (secondary N) is 2. The summed E-state index contributed by atoms with van der Waals surface area (Å²) in [6, 6.07) is -0.387. The van der Waals surface area contributed by atoms with Crippen LogP contribution < -0.4 is 4.72 Å². The topological polar surface area (TPSA) is 108 Å². The fourth-order valence-electron chi connectivity index (χ4n) is 2.15. The monoisotopic (exact) mass is 318 g/mol. The van der Waals surface area contributed by atoms with Crippen LogP contribution in [0.4, 0.5) is 0 Å². The van der Waals surface area contributed by atoms with E-state index in [1.165, 1.54) is 21.0 Å². The fraction of sp³-hybridized carbons (Fsp3) is 0.615. The zero-order chi connectivity index (χ0) is 16.4. The Hall–Kier alpha value is -1.38. The second kappa shape index (κ2) is 6.59. The van der Waals surface area contributed by atoms with Gasteiger partial charge in [0, 0.05) is 24.4 Å². The Kier molecular flexibility index (Phi) is 5.54. The van der Waals surface area contributed by atoms with Crippen molar-refractivity contribution in [2.24, 2.45) is 5.92 Å². The van der Waals surface area contributed by atoms with Crippen LogP contribution in [0.25, 0.3) is 0 Å². The van der Waals surface area contributed by atoms with Gasteiger partial charge in [-0.25, -0.2) is 17.9 Å². The number of hydrogen-bond donors (Lipinski definition) is 3. The van der Waals surface area contributed by atoms with Gasteiger partial charge in [0.15, 0.2) is 0 Å². The lowest BCUT2D eigenvalue weighted by Gasteiger charge is -2.21. The summed E-state index contributed by atoms with van der Waals surface area (Å²) in [5.74, 6) is -1.15. The molecular weight excluding hydrogens is 296 g/mol. The summed E-state index contributed by atoms with van der Waals surface area (Å²) >= 11 is 0. The minimum absolute atomic E-state index is 0.0124. The van der Waals surface area contributed by atoms with Crippen molar-refractivity contribution in [3.8, 4) is 0 Å². The Morgan fingerprint density at radius 3 is 2.33 bits per heavy atom. The number of hydrogen-bond acceptors (Lipinski definition) is 4. The highest BCUT2D eigenvalue weighted by Gasteiger charge is 2.29. The van der Waals surface area contributed by atoms with E-state index in [4.69, 9.17) is 9.84 Å². The van der Waals surface area contributed by atoms with Gasteiger partial charge in [-0.1, -0.05) is 13.8 Å². The fourth-order valence-corrected chi connectivity index (χ4v) is 3.97. The van der Waals surface area contributed by atoms with Crippen molar-refractivity contribution >= 4 is 16.0 Å². The maximum absolute atomic E-state index is 12.5. The molecule has 0 aliphatic heterocycles. The molecule has 0 fully saturated rings. The predicted octanol–water partition coefficient (Wildman–Crippen LogP) is 1.28. The number of ether oxygens (including phenoxy) is 1. The average Bonchev–Trinajstić information content (AvgIpc) is 2.64. The van der Waals surface area contributed by atoms with E-state index in [1.807, 2.05) is 13.8 Å². The molecule has 1 aromatic rings. The lowest BCUT2D eigenvalue weighted by atomic mass is 10.1. The molecule has 1 rings (SSSR count). The average molecular weight is 318 g/mol. The summed E-state index contributed by atoms with van der Waals surface area (Å²) in [4.78, 5) is 13.7. The highest BCUT2D eigenvalue weighted by molar-refractivity contribution is 7.89. The van der Waals surface area contributed by atoms with Crippen LogP contribution in [0.5, 0.6) is 0 Å². The standard InChI is InChI=1S/C13H22N2O5S/c1-7(2)10(6-20-5)15-21(18,19)12-8(3)11(13(16)17)14-9(12)4/h7,10,14-15H,6H2,1-5H3,(H,16,17). The van der Waals surface area contributed by atoms with Crippen LogP contribution in [0, 0.1) is 19.8 Å². The second-order valence-electron chi connectivity index (χ2n) is 5.31. The third-order valence-corrected chi connectivity index (χ3v) is 5.07. The lowest BCUT2D eigenvalue weighted by molar-refractivity contribution is 0.0690. The summed E-state index contributed by atoms with van der Waals surface area (Å²) in [5, 5.41) is 9.06. The molecule has 0 amide bonds. The van der Waals surface area contributed by atoms with Crippen LogP contribution in [-0.4, -0.2) is 44.2 Å². The molecule has 1 atom stereocenters. The Morgan fingerprint density at radius 1 is 1.38 bits per heavy atom. The van der Waals surface area contributed by atoms with Gasteiger partial charge in [0.05, 0.1) is 6.61 Å². The first-order valence-electron chi connectivity index (χ1n) is 6.55. The number of carboxylic acid groups (broad SMARTS) is 1. The Morgan fingerprint density at radius 2 is 1.95 bits per heavy atom. The Labute approximate surface area is 124 Å². The molecule has 21 heavy (non-hydrogen) atoms. The molecule has 0 aromatic carbocycles. The van der Waals surface area contributed by atoms with Crippen LogP contribution in [0.2, 0.25) is 0 Å². The number of aromatic nitrogens is 1. The number of aromatic carboxylic acids is 1. The minimum Gasteiger partial charge on any atom is -0.477 e. The summed E-state index contributed by atoms with van der Waals surface area (Å²) in [6.07, 6.45) is 0. The first-order chi connectivity index (χ1) is 9.61. The molecule has 0 spiro atoms. The molecular formula is C13H22N2O5S. The van der Waals surface area contributed by atoms with Crippen LogP contribution in [-0.2, 0) is 14.8 Å². The van der Waals surface area contributed by atoms with Crippen LogP contribution in [0.1, 0.15) is 35.6 Å². The van der Waals surface area contributed by atoms with Crippen molar-refractivity contribution in [1.82, 2.24) is 9.71 Å². The van der Waals surface area contributed by atoms with E-state index in [0.29, 0.717) is 5.69 Å². The smallest absolute Gasteiger partial charge is 0.352 e. The molecule has 0 aliphatic rings. The van der Waals surface area contributed by atoms with E-state index in [2.05, 4.69) is 9.71 Å². The second-order valence-corrected chi connectivity index (χ2v) is 6.96. The SMILES string of the molecule is COCC(NS(=O)(=O)c1c(C)[nH]c(C(=O)O)c1C)C(C)C. The van der Waals surface area contributed by atoms with Gasteiger partial charge >= 0.3 is 5.97 Å². The maximum Gasteiger partial charge on any atom is 0.352 e. The first kappa shape index (κ1) is 17.7. The van der Waals surface area contributed by atoms with E-state index < -0.39 is 16.0 Å². The lowest BCUT2D eigenvalue weighted by Crippen LogP contribution is -2.41. The number of methoxy groups -OCH3 is 1. The molecule has 1 heterocycles. The number of sulfonamides is 1. The van der Waals surface area contributed by atoms with Gasteiger partial charge < -0.3 is 14.8 Å². The summed E-state index contributed by atoms with van der Waals surface area (Å²) in [7, 11) is -2.33. The number of rotatable bonds is 7. The summed E-state index contributed by atoms with van der Waals surface area (Å²) in [5.41, 5.74) is 0.394. The van der Waals surface area contributed by atoms with Crippen LogP contribution >= 0.6 is 0 Å². The van der Waals surface area contributed by atoms with Gasteiger partial charge in [0.25, 0.3) is 0 Å². The van der Waals surface area contributed by atoms with Gasteiger partial charge in [-0.05, 0) is 19.8 Å². The van der Waals surface area contributed by atoms with Gasteiger partial charge in [0.1, 0.15) is 10.6 Å². The maximum atomic E-state index is 12.5. The van der Waals surface area contributed by atoms with Gasteiger partial charge in [0.2, 0.25) is 10.0 Å². The van der Waals surface area contributed by atoms with Gasteiger partial charge in [-0.2, -0.15) is 0 Å². The Balaban J connectivity index is 3.22. The van der Waals surface area contributed by atoms with Crippen molar-refractivity contribution < 1.29 is 23.1 Å². The van der Waals surface area contributed by atoms with Gasteiger partial charge in [-0.15, -0.1) is 0 Å². The molecule has 120 valence electrons. The van der Waals surface area contributed by atoms with E-state index in [9.17, 15) is 13.2 Å². The molecule has 0 radical (unpaired) electrons. The zero-order valence-electron chi connectivity index (χ0n) is 12.9. The Bertz CT molecular complexity index is 619. The van der Waals surface area contributed by atoms with Crippen molar-refractivity contribution in [3.05, 3.63) is 17.0 Å². The molecule has 0 saturated carbocycles. The van der Waals surface area contributed by atoms with Crippen molar-refractivity contribution in [2.75, 3.05) is 13.7 Å². The summed E-state index contributed by atoms with van der Waals surface area (Å²) < 4.78 is 32.6. The van der Waals surface area contributed by atoms with Crippen molar-refractivity contribution in [3.63, 3.8) is 0 Å². The summed E-state index contributed by atoms with van der Waals surface area (Å²) in [6.45, 7) is 7.01. The first-order valence-corrected chi connectivity index (χ1v) is 8.03. The molecule has 8 heteroatoms. The molecule has 0 saturated heterocycles. The predicted molar refractivity (Wildman–Crippen MR) is 78.0 cm³/mol. The molecule has 7 nitrogen and oxygen atoms in total. The molecule has 1 aromatic heterocycles. The van der Waals surface area contributed by atoms with Crippen LogP contribution in [0.3, 0.4) is 0 Å². The molecule has 0 bridgehead atoms. The number of carboxylic acids is 1. The minimum atomic E-state index is -3.83. The van der Waals surface area contributed by atoms with E-state index in [-0.39, 0.29) is 34.7 Å². The van der Waals surface area contributed by atoms with E-state index in [1.54, 1.807) is 0 Å². The normalized spacial score (nSPS) is 13.6. The number of aryl methyl sites for hydroxylation is 1. The highest BCUT2D eigenvalue weighted by Crippen LogP contribution is 2.23. The molecule has 3 N–H and O–H groups in total. The van der Waals surface area contributed by atoms with Crippen molar-refractivity contribution in [1.29, 1.82) is 0 Å². The third kappa shape index (κ3) is 3.84. The van der Waals surface area contributed by atoms with E-state index >= 15 is 0 Å². The number of aromatic amines is 1. The van der Waals surface area contributed by atoms with Crippen molar-refractivity contribution in [2.45, 2.75) is 38.6 Å². The number of H-pyrrole nitrogens is 1. The van der Waals surface area contributed by atoms with E-state index in [0.717, 1.165) is 0 Å².